The number of hydrogen-bond acceptors (Lipinski definition) is 3. The maximum Gasteiger partial charge on any atom is 0.162 e. The van der Waals surface area contributed by atoms with E-state index in [0.29, 0.717) is 5.92 Å². The molecule has 0 saturated carbocycles. The molecule has 2 rings (SSSR count). The highest BCUT2D eigenvalue weighted by atomic mass is 15.2. The first kappa shape index (κ1) is 9.83. The van der Waals surface area contributed by atoms with Gasteiger partial charge in [0.2, 0.25) is 0 Å². The van der Waals surface area contributed by atoms with Crippen molar-refractivity contribution in [2.75, 3.05) is 0 Å². The van der Waals surface area contributed by atoms with Gasteiger partial charge in [-0.3, -0.25) is 4.98 Å². The van der Waals surface area contributed by atoms with Crippen molar-refractivity contribution in [1.29, 1.82) is 0 Å². The molecular formula is C11H14N4. The molecule has 4 nitrogen and oxygen atoms in total. The van der Waals surface area contributed by atoms with Gasteiger partial charge in [-0.25, -0.2) is 0 Å². The second-order valence-corrected chi connectivity index (χ2v) is 3.90. The number of nitrogens with one attached hydrogen (secondary N) is 1. The summed E-state index contributed by atoms with van der Waals surface area (Å²) in [6, 6.07) is 3.96. The molecule has 78 valence electrons. The highest BCUT2D eigenvalue weighted by Crippen LogP contribution is 2.16. The van der Waals surface area contributed by atoms with E-state index in [9.17, 15) is 0 Å². The van der Waals surface area contributed by atoms with E-state index < -0.39 is 0 Å². The summed E-state index contributed by atoms with van der Waals surface area (Å²) < 4.78 is 0. The van der Waals surface area contributed by atoms with Crippen LogP contribution in [0.25, 0.3) is 11.4 Å². The van der Waals surface area contributed by atoms with E-state index in [-0.39, 0.29) is 0 Å². The number of aromatic nitrogens is 4. The minimum absolute atomic E-state index is 0.365. The molecule has 0 radical (unpaired) electrons. The highest BCUT2D eigenvalue weighted by molar-refractivity contribution is 5.52. The van der Waals surface area contributed by atoms with Gasteiger partial charge in [-0.05, 0) is 19.1 Å². The highest BCUT2D eigenvalue weighted by Gasteiger charge is 2.07. The van der Waals surface area contributed by atoms with Crippen LogP contribution in [0.15, 0.2) is 18.3 Å². The molecule has 4 heteroatoms. The Morgan fingerprint density at radius 2 is 2.00 bits per heavy atom. The number of aryl methyl sites for hydroxylation is 1. The predicted molar refractivity (Wildman–Crippen MR) is 58.4 cm³/mol. The van der Waals surface area contributed by atoms with Crippen molar-refractivity contribution in [2.24, 2.45) is 0 Å². The van der Waals surface area contributed by atoms with Crippen molar-refractivity contribution in [3.63, 3.8) is 0 Å². The Morgan fingerprint density at radius 1 is 1.20 bits per heavy atom. The van der Waals surface area contributed by atoms with E-state index in [2.05, 4.69) is 34.0 Å². The molecule has 0 saturated heterocycles. The number of pyridine rings is 1. The number of nitrogens with zero attached hydrogens (tertiary/aromatic N) is 3. The third-order valence-electron chi connectivity index (χ3n) is 2.24. The Balaban J connectivity index is 2.33. The quantitative estimate of drug-likeness (QED) is 0.812. The zero-order chi connectivity index (χ0) is 10.8. The van der Waals surface area contributed by atoms with E-state index in [4.69, 9.17) is 0 Å². The minimum atomic E-state index is 0.365. The molecule has 0 aliphatic heterocycles. The molecule has 0 bridgehead atoms. The van der Waals surface area contributed by atoms with Crippen LogP contribution in [0.1, 0.15) is 31.3 Å². The number of hydrogen-bond donors (Lipinski definition) is 1. The third-order valence-corrected chi connectivity index (χ3v) is 2.24. The van der Waals surface area contributed by atoms with Gasteiger partial charge >= 0.3 is 0 Å². The topological polar surface area (TPSA) is 54.5 Å². The van der Waals surface area contributed by atoms with Gasteiger partial charge in [0.25, 0.3) is 0 Å². The van der Waals surface area contributed by atoms with Crippen LogP contribution in [0.3, 0.4) is 0 Å². The third kappa shape index (κ3) is 2.03. The molecular weight excluding hydrogens is 188 g/mol. The average Bonchev–Trinajstić information content (AvgIpc) is 2.68. The molecule has 0 atom stereocenters. The molecule has 1 N–H and O–H groups in total. The monoisotopic (exact) mass is 202 g/mol. The van der Waals surface area contributed by atoms with Crippen molar-refractivity contribution in [3.05, 3.63) is 29.8 Å². The van der Waals surface area contributed by atoms with E-state index in [1.165, 1.54) is 0 Å². The summed E-state index contributed by atoms with van der Waals surface area (Å²) in [6.07, 6.45) is 1.81. The smallest absolute Gasteiger partial charge is 0.162 e. The summed E-state index contributed by atoms with van der Waals surface area (Å²) in [5.41, 5.74) is 1.97. The summed E-state index contributed by atoms with van der Waals surface area (Å²) in [6.45, 7) is 6.12. The van der Waals surface area contributed by atoms with Gasteiger partial charge in [-0.1, -0.05) is 13.8 Å². The minimum Gasteiger partial charge on any atom is -0.325 e. The molecule has 2 aromatic heterocycles. The van der Waals surface area contributed by atoms with Gasteiger partial charge in [0.05, 0.1) is 0 Å². The zero-order valence-corrected chi connectivity index (χ0v) is 9.15. The van der Waals surface area contributed by atoms with Crippen LogP contribution in [0.5, 0.6) is 0 Å². The summed E-state index contributed by atoms with van der Waals surface area (Å²) in [4.78, 5) is 7.41. The van der Waals surface area contributed by atoms with Gasteiger partial charge in [-0.15, -0.1) is 10.2 Å². The second kappa shape index (κ2) is 3.81. The molecule has 15 heavy (non-hydrogen) atoms. The maximum atomic E-state index is 4.22. The average molecular weight is 202 g/mol. The van der Waals surface area contributed by atoms with Gasteiger partial charge in [0.15, 0.2) is 5.82 Å². The van der Waals surface area contributed by atoms with Crippen LogP contribution in [0.4, 0.5) is 0 Å². The Bertz CT molecular complexity index is 442. The Labute approximate surface area is 88.8 Å². The van der Waals surface area contributed by atoms with E-state index in [1.807, 2.05) is 19.1 Å². The van der Waals surface area contributed by atoms with Crippen LogP contribution in [0, 0.1) is 6.92 Å². The Kier molecular flexibility index (Phi) is 2.49. The fourth-order valence-corrected chi connectivity index (χ4v) is 1.27. The molecule has 0 spiro atoms. The summed E-state index contributed by atoms with van der Waals surface area (Å²) in [7, 11) is 0. The lowest BCUT2D eigenvalue weighted by Crippen LogP contribution is -1.89. The number of rotatable bonds is 2. The molecule has 0 aliphatic carbocycles. The first-order valence-corrected chi connectivity index (χ1v) is 5.02. The predicted octanol–water partition coefficient (Wildman–Crippen LogP) is 2.30. The van der Waals surface area contributed by atoms with E-state index in [1.54, 1.807) is 6.20 Å². The van der Waals surface area contributed by atoms with E-state index in [0.717, 1.165) is 22.9 Å². The lowest BCUT2D eigenvalue weighted by molar-refractivity contribution is 0.781. The molecule has 2 aromatic rings. The molecule has 0 aliphatic rings. The van der Waals surface area contributed by atoms with Crippen LogP contribution < -0.4 is 0 Å². The van der Waals surface area contributed by atoms with Gasteiger partial charge in [-0.2, -0.15) is 0 Å². The van der Waals surface area contributed by atoms with Crippen molar-refractivity contribution in [1.82, 2.24) is 20.2 Å². The van der Waals surface area contributed by atoms with Gasteiger partial charge in [0.1, 0.15) is 5.82 Å². The maximum absolute atomic E-state index is 4.22. The molecule has 0 amide bonds. The number of H-pyrrole nitrogens is 1. The first-order valence-electron chi connectivity index (χ1n) is 5.02. The fourth-order valence-electron chi connectivity index (χ4n) is 1.27. The van der Waals surface area contributed by atoms with Crippen molar-refractivity contribution >= 4 is 0 Å². The standard InChI is InChI=1S/C11H14N4/c1-7(2)10-13-11(15-14-10)9-5-4-8(3)12-6-9/h4-7H,1-3H3,(H,13,14,15). The van der Waals surface area contributed by atoms with Crippen molar-refractivity contribution in [3.8, 4) is 11.4 Å². The van der Waals surface area contributed by atoms with Crippen molar-refractivity contribution < 1.29 is 0 Å². The number of aromatic amines is 1. The Hall–Kier alpha value is -1.71. The van der Waals surface area contributed by atoms with Crippen LogP contribution in [0.2, 0.25) is 0 Å². The SMILES string of the molecule is Cc1ccc(-c2nnc(C(C)C)[nH]2)cn1. The van der Waals surface area contributed by atoms with Crippen LogP contribution in [-0.2, 0) is 0 Å². The molecule has 0 aromatic carbocycles. The largest absolute Gasteiger partial charge is 0.325 e. The normalized spacial score (nSPS) is 10.9. The molecule has 0 unspecified atom stereocenters. The van der Waals surface area contributed by atoms with Gasteiger partial charge in [0, 0.05) is 23.4 Å². The van der Waals surface area contributed by atoms with Crippen LogP contribution >= 0.6 is 0 Å². The Morgan fingerprint density at radius 3 is 2.53 bits per heavy atom. The first-order chi connectivity index (χ1) is 7.16. The lowest BCUT2D eigenvalue weighted by Gasteiger charge is -1.97. The molecule has 2 heterocycles. The summed E-state index contributed by atoms with van der Waals surface area (Å²) >= 11 is 0. The summed E-state index contributed by atoms with van der Waals surface area (Å²) in [5, 5.41) is 8.17. The van der Waals surface area contributed by atoms with Gasteiger partial charge < -0.3 is 4.98 Å². The summed E-state index contributed by atoms with van der Waals surface area (Å²) in [5.74, 6) is 2.06. The second-order valence-electron chi connectivity index (χ2n) is 3.90. The zero-order valence-electron chi connectivity index (χ0n) is 9.15. The molecule has 0 fully saturated rings. The lowest BCUT2D eigenvalue weighted by atomic mass is 10.2. The fraction of sp³-hybridized carbons (Fsp3) is 0.364. The van der Waals surface area contributed by atoms with Crippen LogP contribution in [-0.4, -0.2) is 20.2 Å². The van der Waals surface area contributed by atoms with E-state index >= 15 is 0 Å². The van der Waals surface area contributed by atoms with Crippen molar-refractivity contribution in [2.45, 2.75) is 26.7 Å².